The Kier molecular flexibility index (Phi) is 8.04. The van der Waals surface area contributed by atoms with Crippen molar-refractivity contribution in [3.8, 4) is 5.88 Å². The number of barbiturate groups is 1. The minimum Gasteiger partial charge on any atom is -0.494 e. The molecule has 4 amide bonds. The number of amides is 4. The van der Waals surface area contributed by atoms with Crippen molar-refractivity contribution in [2.45, 2.75) is 19.9 Å². The van der Waals surface area contributed by atoms with Crippen LogP contribution in [-0.2, 0) is 26.3 Å². The number of allylic oxidation sites excluding steroid dienone is 4. The minimum atomic E-state index is -4.28. The first-order chi connectivity index (χ1) is 17.4. The molecule has 0 unspecified atom stereocenters. The van der Waals surface area contributed by atoms with Gasteiger partial charge in [0, 0.05) is 6.54 Å². The predicted molar refractivity (Wildman–Crippen MR) is 132 cm³/mol. The Morgan fingerprint density at radius 2 is 1.76 bits per heavy atom. The van der Waals surface area contributed by atoms with E-state index in [-0.39, 0.29) is 29.8 Å². The van der Waals surface area contributed by atoms with Crippen molar-refractivity contribution in [3.63, 3.8) is 0 Å². The summed E-state index contributed by atoms with van der Waals surface area (Å²) < 4.78 is 31.3. The highest BCUT2D eigenvalue weighted by atomic mass is 32.2. The lowest BCUT2D eigenvalue weighted by atomic mass is 10.1. The molecule has 14 heteroatoms. The molecule has 0 radical (unpaired) electrons. The number of hydrogen-bond donors (Lipinski definition) is 4. The number of rotatable bonds is 8. The third kappa shape index (κ3) is 6.56. The van der Waals surface area contributed by atoms with E-state index in [4.69, 9.17) is 4.55 Å². The van der Waals surface area contributed by atoms with Crippen LogP contribution >= 0.6 is 0 Å². The number of hydrogen-bond acceptors (Lipinski definition) is 8. The Labute approximate surface area is 209 Å². The highest BCUT2D eigenvalue weighted by molar-refractivity contribution is 7.85. The number of benzene rings is 1. The second-order valence-corrected chi connectivity index (χ2v) is 9.42. The highest BCUT2D eigenvalue weighted by Gasteiger charge is 2.36. The lowest BCUT2D eigenvalue weighted by Crippen LogP contribution is -2.54. The van der Waals surface area contributed by atoms with Gasteiger partial charge in [-0.2, -0.15) is 8.42 Å². The van der Waals surface area contributed by atoms with Gasteiger partial charge in [-0.05, 0) is 37.6 Å². The Balaban J connectivity index is 1.85. The number of aromatic amines is 1. The number of carbonyl (C=O) groups is 3. The molecule has 0 aliphatic carbocycles. The van der Waals surface area contributed by atoms with E-state index in [1.165, 1.54) is 36.4 Å². The van der Waals surface area contributed by atoms with Crippen LogP contribution in [0.2, 0.25) is 0 Å². The Morgan fingerprint density at radius 3 is 2.41 bits per heavy atom. The van der Waals surface area contributed by atoms with Gasteiger partial charge in [0.1, 0.15) is 11.1 Å². The van der Waals surface area contributed by atoms with Gasteiger partial charge in [-0.25, -0.2) is 14.5 Å². The summed E-state index contributed by atoms with van der Waals surface area (Å²) in [5.41, 5.74) is -1.81. The molecule has 0 saturated carbocycles. The quantitative estimate of drug-likeness (QED) is 0.164. The summed E-state index contributed by atoms with van der Waals surface area (Å²) in [4.78, 5) is 64.2. The van der Waals surface area contributed by atoms with Crippen LogP contribution in [-0.4, -0.2) is 51.2 Å². The van der Waals surface area contributed by atoms with Crippen molar-refractivity contribution in [2.75, 3.05) is 10.7 Å². The second kappa shape index (κ2) is 11.0. The third-order valence-corrected chi connectivity index (χ3v) is 5.94. The summed E-state index contributed by atoms with van der Waals surface area (Å²) in [6, 6.07) is 7.12. The van der Waals surface area contributed by atoms with Crippen LogP contribution in [0.3, 0.4) is 0 Å². The average Bonchev–Trinajstić information content (AvgIpc) is 2.80. The largest absolute Gasteiger partial charge is 0.494 e. The molecule has 2 heterocycles. The van der Waals surface area contributed by atoms with Crippen LogP contribution in [0.4, 0.5) is 10.5 Å². The van der Waals surface area contributed by atoms with Gasteiger partial charge in [-0.3, -0.25) is 33.8 Å². The van der Waals surface area contributed by atoms with Crippen LogP contribution in [0.1, 0.15) is 18.9 Å². The molecular formula is C23H22N4O9S. The van der Waals surface area contributed by atoms with Crippen LogP contribution in [0.5, 0.6) is 5.88 Å². The number of nitrogens with one attached hydrogen (secondary N) is 2. The summed E-state index contributed by atoms with van der Waals surface area (Å²) in [7, 11) is -4.28. The zero-order valence-corrected chi connectivity index (χ0v) is 20.2. The molecule has 3 rings (SSSR count). The average molecular weight is 531 g/mol. The van der Waals surface area contributed by atoms with E-state index in [0.717, 1.165) is 9.47 Å². The first-order valence-electron chi connectivity index (χ1n) is 10.7. The van der Waals surface area contributed by atoms with E-state index < -0.39 is 50.8 Å². The van der Waals surface area contributed by atoms with Gasteiger partial charge in [-0.1, -0.05) is 35.9 Å². The monoisotopic (exact) mass is 530 g/mol. The standard InChI is InChI=1S/C23H22N4O9S/c1-14(8-10-16-18(28)24-22(32)26(20(16)30)12-5-13-37(34,35)36)9-11-17-19(29)25-23(33)27(21(17)31)15-6-3-2-4-7-15/h2-4,6-11,30H,5,12-13H2,1H3,(H,24,28,32)(H,25,29,33)(H,34,35,36). The number of anilines is 1. The Morgan fingerprint density at radius 1 is 1.08 bits per heavy atom. The number of aromatic nitrogens is 2. The number of para-hydroxylation sites is 1. The fraction of sp³-hybridized carbons (Fsp3) is 0.174. The van der Waals surface area contributed by atoms with E-state index in [2.05, 4.69) is 5.32 Å². The molecule has 1 aromatic carbocycles. The topological polar surface area (TPSA) is 196 Å². The fourth-order valence-corrected chi connectivity index (χ4v) is 3.81. The molecule has 2 aromatic rings. The lowest BCUT2D eigenvalue weighted by Gasteiger charge is -2.26. The van der Waals surface area contributed by atoms with Crippen molar-refractivity contribution >= 4 is 39.7 Å². The number of nitrogens with zero attached hydrogens (tertiary/aromatic N) is 2. The van der Waals surface area contributed by atoms with E-state index in [9.17, 15) is 37.5 Å². The number of H-pyrrole nitrogens is 1. The maximum absolute atomic E-state index is 12.8. The molecule has 4 N–H and O–H groups in total. The van der Waals surface area contributed by atoms with Crippen molar-refractivity contribution in [2.24, 2.45) is 0 Å². The van der Waals surface area contributed by atoms with Crippen molar-refractivity contribution in [3.05, 3.63) is 86.1 Å². The molecule has 1 saturated heterocycles. The zero-order valence-electron chi connectivity index (χ0n) is 19.4. The molecular weight excluding hydrogens is 508 g/mol. The number of aromatic hydroxyl groups is 1. The highest BCUT2D eigenvalue weighted by Crippen LogP contribution is 2.20. The number of imide groups is 2. The summed E-state index contributed by atoms with van der Waals surface area (Å²) >= 11 is 0. The van der Waals surface area contributed by atoms with E-state index in [1.807, 2.05) is 4.98 Å². The predicted octanol–water partition coefficient (Wildman–Crippen LogP) is 0.689. The summed E-state index contributed by atoms with van der Waals surface area (Å²) in [6.07, 6.45) is 4.90. The van der Waals surface area contributed by atoms with Crippen molar-refractivity contribution in [1.82, 2.24) is 14.9 Å². The number of urea groups is 1. The van der Waals surface area contributed by atoms with Crippen LogP contribution < -0.4 is 21.5 Å². The summed E-state index contributed by atoms with van der Waals surface area (Å²) in [6.45, 7) is 1.27. The van der Waals surface area contributed by atoms with E-state index in [0.29, 0.717) is 5.57 Å². The van der Waals surface area contributed by atoms with Crippen molar-refractivity contribution < 1.29 is 32.5 Å². The molecule has 37 heavy (non-hydrogen) atoms. The Bertz CT molecular complexity index is 1570. The third-order valence-electron chi connectivity index (χ3n) is 5.13. The molecule has 0 spiro atoms. The van der Waals surface area contributed by atoms with Gasteiger partial charge in [0.15, 0.2) is 0 Å². The van der Waals surface area contributed by atoms with Crippen LogP contribution in [0.25, 0.3) is 6.08 Å². The lowest BCUT2D eigenvalue weighted by molar-refractivity contribution is -0.122. The SMILES string of the molecule is CC(C=Cc1c(O)n(CCCS(=O)(=O)O)c(=O)[nH]c1=O)=CC=C1C(=O)NC(=O)N(c2ccccc2)C1=O. The normalized spacial score (nSPS) is 16.1. The second-order valence-electron chi connectivity index (χ2n) is 7.85. The van der Waals surface area contributed by atoms with Gasteiger partial charge in [-0.15, -0.1) is 0 Å². The van der Waals surface area contributed by atoms with Gasteiger partial charge >= 0.3 is 11.7 Å². The molecule has 0 bridgehead atoms. The summed E-state index contributed by atoms with van der Waals surface area (Å²) in [5.74, 6) is -3.09. The zero-order chi connectivity index (χ0) is 27.3. The van der Waals surface area contributed by atoms with Gasteiger partial charge in [0.05, 0.1) is 11.4 Å². The van der Waals surface area contributed by atoms with Crippen molar-refractivity contribution in [1.29, 1.82) is 0 Å². The first-order valence-corrected chi connectivity index (χ1v) is 12.3. The fourth-order valence-electron chi connectivity index (χ4n) is 3.31. The van der Waals surface area contributed by atoms with Gasteiger partial charge < -0.3 is 5.11 Å². The molecule has 194 valence electrons. The van der Waals surface area contributed by atoms with Crippen LogP contribution in [0.15, 0.2) is 69.3 Å². The molecule has 1 aliphatic heterocycles. The molecule has 1 aliphatic rings. The molecule has 1 aromatic heterocycles. The maximum Gasteiger partial charge on any atom is 0.335 e. The molecule has 0 atom stereocenters. The Hall–Kier alpha value is -4.56. The maximum atomic E-state index is 12.8. The first kappa shape index (κ1) is 27.0. The molecule has 1 fully saturated rings. The smallest absolute Gasteiger partial charge is 0.335 e. The summed E-state index contributed by atoms with van der Waals surface area (Å²) in [5, 5.41) is 12.5. The number of carbonyl (C=O) groups excluding carboxylic acids is 3. The molecule has 13 nitrogen and oxygen atoms in total. The van der Waals surface area contributed by atoms with Crippen LogP contribution in [0, 0.1) is 0 Å². The minimum absolute atomic E-state index is 0.202. The van der Waals surface area contributed by atoms with E-state index in [1.54, 1.807) is 25.1 Å². The van der Waals surface area contributed by atoms with Gasteiger partial charge in [0.2, 0.25) is 5.88 Å². The van der Waals surface area contributed by atoms with E-state index >= 15 is 0 Å². The van der Waals surface area contributed by atoms with Gasteiger partial charge in [0.25, 0.3) is 27.5 Å².